The number of ether oxygens (including phenoxy) is 2. The van der Waals surface area contributed by atoms with Crippen LogP contribution in [-0.4, -0.2) is 65.7 Å². The number of carbonyl (C=O) groups is 2. The van der Waals surface area contributed by atoms with Crippen molar-refractivity contribution in [3.05, 3.63) is 24.3 Å². The molecule has 288 valence electrons. The molecule has 3 atom stereocenters. The summed E-state index contributed by atoms with van der Waals surface area (Å²) < 4.78 is 32.6. The fourth-order valence-corrected chi connectivity index (χ4v) is 5.87. The van der Waals surface area contributed by atoms with Crippen LogP contribution in [0.1, 0.15) is 168 Å². The molecule has 0 aliphatic rings. The molecule has 0 saturated heterocycles. The lowest BCUT2D eigenvalue weighted by atomic mass is 10.1. The van der Waals surface area contributed by atoms with E-state index in [1.807, 2.05) is 0 Å². The number of hydrogen-bond acceptors (Lipinski definition) is 9. The first-order chi connectivity index (χ1) is 23.7. The van der Waals surface area contributed by atoms with Crippen molar-refractivity contribution in [2.45, 2.75) is 180 Å². The normalized spacial score (nSPS) is 14.3. The van der Waals surface area contributed by atoms with Gasteiger partial charge in [-0.1, -0.05) is 134 Å². The predicted octanol–water partition coefficient (Wildman–Crippen LogP) is 9.44. The summed E-state index contributed by atoms with van der Waals surface area (Å²) in [4.78, 5) is 34.8. The molecule has 0 rings (SSSR count). The molecule has 0 aromatic rings. The molecule has 0 bridgehead atoms. The van der Waals surface area contributed by atoms with Crippen molar-refractivity contribution in [3.63, 3.8) is 0 Å². The highest BCUT2D eigenvalue weighted by molar-refractivity contribution is 7.47. The van der Waals surface area contributed by atoms with Crippen LogP contribution >= 0.6 is 7.82 Å². The zero-order valence-electron chi connectivity index (χ0n) is 30.9. The quantitative estimate of drug-likeness (QED) is 0.0248. The summed E-state index contributed by atoms with van der Waals surface area (Å²) in [6.07, 6.45) is 31.4. The molecule has 0 aliphatic heterocycles. The van der Waals surface area contributed by atoms with Gasteiger partial charge in [0, 0.05) is 12.8 Å². The van der Waals surface area contributed by atoms with Crippen molar-refractivity contribution in [3.8, 4) is 0 Å². The third-order valence-electron chi connectivity index (χ3n) is 8.11. The van der Waals surface area contributed by atoms with E-state index in [0.717, 1.165) is 64.2 Å². The molecule has 0 fully saturated rings. The number of aliphatic hydroxyl groups excluding tert-OH is 2. The molecular formula is C38H71O10P. The van der Waals surface area contributed by atoms with Crippen LogP contribution in [0.4, 0.5) is 0 Å². The molecule has 1 unspecified atom stereocenters. The van der Waals surface area contributed by atoms with Crippen molar-refractivity contribution >= 4 is 19.8 Å². The summed E-state index contributed by atoms with van der Waals surface area (Å²) in [7, 11) is -4.61. The summed E-state index contributed by atoms with van der Waals surface area (Å²) in [5, 5.41) is 18.3. The molecule has 11 heteroatoms. The van der Waals surface area contributed by atoms with Crippen molar-refractivity contribution in [2.75, 3.05) is 26.4 Å². The summed E-state index contributed by atoms with van der Waals surface area (Å²) in [5.41, 5.74) is 0. The second-order valence-electron chi connectivity index (χ2n) is 13.0. The van der Waals surface area contributed by atoms with Crippen molar-refractivity contribution in [1.29, 1.82) is 0 Å². The second-order valence-corrected chi connectivity index (χ2v) is 14.4. The van der Waals surface area contributed by atoms with Gasteiger partial charge in [-0.3, -0.25) is 18.6 Å². The Bertz CT molecular complexity index is 879. The van der Waals surface area contributed by atoms with E-state index in [9.17, 15) is 24.2 Å². The Morgan fingerprint density at radius 2 is 1.06 bits per heavy atom. The maximum atomic E-state index is 12.5. The maximum absolute atomic E-state index is 12.5. The number of unbranched alkanes of at least 4 members (excludes halogenated alkanes) is 18. The van der Waals surface area contributed by atoms with E-state index in [0.29, 0.717) is 12.8 Å². The Balaban J connectivity index is 4.38. The smallest absolute Gasteiger partial charge is 0.462 e. The van der Waals surface area contributed by atoms with E-state index < -0.39 is 51.8 Å². The van der Waals surface area contributed by atoms with Crippen molar-refractivity contribution < 1.29 is 47.8 Å². The third-order valence-corrected chi connectivity index (χ3v) is 9.06. The van der Waals surface area contributed by atoms with E-state index >= 15 is 0 Å². The Morgan fingerprint density at radius 1 is 0.612 bits per heavy atom. The molecule has 49 heavy (non-hydrogen) atoms. The number of hydrogen-bond donors (Lipinski definition) is 3. The fraction of sp³-hybridized carbons (Fsp3) is 0.842. The molecule has 3 N–H and O–H groups in total. The molecule has 0 aromatic carbocycles. The highest BCUT2D eigenvalue weighted by Crippen LogP contribution is 2.43. The first-order valence-electron chi connectivity index (χ1n) is 19.3. The van der Waals surface area contributed by atoms with Gasteiger partial charge in [0.1, 0.15) is 12.7 Å². The van der Waals surface area contributed by atoms with E-state index in [1.165, 1.54) is 64.2 Å². The third kappa shape index (κ3) is 34.7. The number of phosphoric ester groups is 1. The van der Waals surface area contributed by atoms with Gasteiger partial charge in [-0.2, -0.15) is 0 Å². The number of phosphoric acid groups is 1. The minimum atomic E-state index is -4.61. The van der Waals surface area contributed by atoms with Crippen LogP contribution in [0.5, 0.6) is 0 Å². The minimum absolute atomic E-state index is 0.170. The van der Waals surface area contributed by atoms with Gasteiger partial charge >= 0.3 is 19.8 Å². The highest BCUT2D eigenvalue weighted by Gasteiger charge is 2.27. The Labute approximate surface area is 298 Å². The Morgan fingerprint density at radius 3 is 1.61 bits per heavy atom. The average molecular weight is 719 g/mol. The number of aliphatic hydroxyl groups is 2. The molecular weight excluding hydrogens is 647 g/mol. The lowest BCUT2D eigenvalue weighted by Gasteiger charge is -2.20. The first kappa shape index (κ1) is 47.4. The van der Waals surface area contributed by atoms with Gasteiger partial charge in [0.15, 0.2) is 6.10 Å². The van der Waals surface area contributed by atoms with Gasteiger partial charge in [0.2, 0.25) is 0 Å². The summed E-state index contributed by atoms with van der Waals surface area (Å²) in [5.74, 6) is -0.940. The van der Waals surface area contributed by atoms with Crippen LogP contribution in [0.25, 0.3) is 0 Å². The average Bonchev–Trinajstić information content (AvgIpc) is 3.09. The summed E-state index contributed by atoms with van der Waals surface area (Å²) in [6.45, 7) is 2.32. The molecule has 0 spiro atoms. The van der Waals surface area contributed by atoms with Gasteiger partial charge in [-0.15, -0.1) is 0 Å². The van der Waals surface area contributed by atoms with Crippen LogP contribution in [0.2, 0.25) is 0 Å². The first-order valence-corrected chi connectivity index (χ1v) is 20.8. The second kappa shape index (κ2) is 34.9. The number of esters is 2. The van der Waals surface area contributed by atoms with E-state index in [2.05, 4.69) is 42.7 Å². The SMILES string of the molecule is CCCCC/C=C\C/C=C\CCCCCCCC(=O)O[C@H](COC(=O)CCCCCCCCCCCCC)COP(=O)(O)OC[C@@H](O)CO. The van der Waals surface area contributed by atoms with Crippen LogP contribution < -0.4 is 0 Å². The number of allylic oxidation sites excluding steroid dienone is 4. The van der Waals surface area contributed by atoms with Gasteiger partial charge < -0.3 is 24.6 Å². The molecule has 0 radical (unpaired) electrons. The minimum Gasteiger partial charge on any atom is -0.462 e. The van der Waals surface area contributed by atoms with E-state index in [1.54, 1.807) is 0 Å². The largest absolute Gasteiger partial charge is 0.472 e. The monoisotopic (exact) mass is 718 g/mol. The number of carbonyl (C=O) groups excluding carboxylic acids is 2. The fourth-order valence-electron chi connectivity index (χ4n) is 5.08. The zero-order chi connectivity index (χ0) is 36.3. The summed E-state index contributed by atoms with van der Waals surface area (Å²) >= 11 is 0. The highest BCUT2D eigenvalue weighted by atomic mass is 31.2. The molecule has 0 aliphatic carbocycles. The maximum Gasteiger partial charge on any atom is 0.472 e. The van der Waals surface area contributed by atoms with Crippen LogP contribution in [0, 0.1) is 0 Å². The van der Waals surface area contributed by atoms with E-state index in [4.69, 9.17) is 19.1 Å². The van der Waals surface area contributed by atoms with Crippen LogP contribution in [0.15, 0.2) is 24.3 Å². The topological polar surface area (TPSA) is 149 Å². The molecule has 0 aromatic heterocycles. The lowest BCUT2D eigenvalue weighted by molar-refractivity contribution is -0.161. The van der Waals surface area contributed by atoms with Crippen molar-refractivity contribution in [2.24, 2.45) is 0 Å². The van der Waals surface area contributed by atoms with Gasteiger partial charge in [-0.25, -0.2) is 4.57 Å². The predicted molar refractivity (Wildman–Crippen MR) is 196 cm³/mol. The molecule has 0 saturated carbocycles. The zero-order valence-corrected chi connectivity index (χ0v) is 31.8. The van der Waals surface area contributed by atoms with Gasteiger partial charge in [-0.05, 0) is 44.9 Å². The van der Waals surface area contributed by atoms with Gasteiger partial charge in [0.25, 0.3) is 0 Å². The lowest BCUT2D eigenvalue weighted by Crippen LogP contribution is -2.29. The van der Waals surface area contributed by atoms with Crippen LogP contribution in [-0.2, 0) is 32.7 Å². The van der Waals surface area contributed by atoms with E-state index in [-0.39, 0.29) is 19.4 Å². The standard InChI is InChI=1S/C38H71O10P/c1-3-5-7-9-11-13-15-16-17-18-20-22-24-26-28-30-38(42)48-36(34-47-49(43,44)46-32-35(40)31-39)33-45-37(41)29-27-25-23-21-19-14-12-10-8-6-4-2/h11,13,16-17,35-36,39-40H,3-10,12,14-15,18-34H2,1-2H3,(H,43,44)/b13-11-,17-16-/t35-,36+/m0/s1. The Hall–Kier alpha value is -1.55. The molecule has 10 nitrogen and oxygen atoms in total. The Kier molecular flexibility index (Phi) is 33.8. The summed E-state index contributed by atoms with van der Waals surface area (Å²) in [6, 6.07) is 0. The van der Waals surface area contributed by atoms with Crippen molar-refractivity contribution in [1.82, 2.24) is 0 Å². The number of rotatable bonds is 36. The van der Waals surface area contributed by atoms with Gasteiger partial charge in [0.05, 0.1) is 19.8 Å². The molecule has 0 heterocycles. The van der Waals surface area contributed by atoms with Crippen LogP contribution in [0.3, 0.4) is 0 Å². The molecule has 0 amide bonds.